The average Bonchev–Trinajstić information content (AvgIpc) is 2.31. The minimum atomic E-state index is -0.391. The van der Waals surface area contributed by atoms with E-state index in [9.17, 15) is 4.79 Å². The minimum Gasteiger partial charge on any atom is -0.493 e. The van der Waals surface area contributed by atoms with E-state index in [0.717, 1.165) is 42.0 Å². The van der Waals surface area contributed by atoms with E-state index in [4.69, 9.17) is 4.74 Å². The first-order chi connectivity index (χ1) is 9.25. The fourth-order valence-corrected chi connectivity index (χ4v) is 1.89. The fraction of sp³-hybridized carbons (Fsp3) is 0.588. The Morgan fingerprint density at radius 1 is 1.20 bits per heavy atom. The quantitative estimate of drug-likeness (QED) is 0.807. The number of amides is 1. The molecule has 1 N–H and O–H groups in total. The van der Waals surface area contributed by atoms with Gasteiger partial charge < -0.3 is 10.1 Å². The molecule has 0 unspecified atom stereocenters. The van der Waals surface area contributed by atoms with Crippen molar-refractivity contribution in [1.82, 2.24) is 0 Å². The Balaban J connectivity index is 2.85. The molecule has 3 heteroatoms. The number of aryl methyl sites for hydroxylation is 2. The highest BCUT2D eigenvalue weighted by Crippen LogP contribution is 2.28. The Hall–Kier alpha value is -1.51. The summed E-state index contributed by atoms with van der Waals surface area (Å²) in [6.45, 7) is 12.6. The molecule has 1 aromatic carbocycles. The molecule has 0 aliphatic heterocycles. The zero-order valence-electron chi connectivity index (χ0n) is 13.6. The van der Waals surface area contributed by atoms with Crippen molar-refractivity contribution < 1.29 is 9.53 Å². The van der Waals surface area contributed by atoms with Gasteiger partial charge in [-0.3, -0.25) is 4.79 Å². The molecule has 20 heavy (non-hydrogen) atoms. The number of ether oxygens (including phenoxy) is 1. The largest absolute Gasteiger partial charge is 0.493 e. The SMILES string of the molecule is CCCCOc1c(C)cc(NC(=O)C(C)(C)C)cc1C. The molecule has 0 radical (unpaired) electrons. The fourth-order valence-electron chi connectivity index (χ4n) is 1.89. The van der Waals surface area contributed by atoms with E-state index >= 15 is 0 Å². The van der Waals surface area contributed by atoms with Gasteiger partial charge in [0.05, 0.1) is 6.61 Å². The third kappa shape index (κ3) is 4.55. The standard InChI is InChI=1S/C17H27NO2/c1-7-8-9-20-15-12(2)10-14(11-13(15)3)18-16(19)17(4,5)6/h10-11H,7-9H2,1-6H3,(H,18,19). The first-order valence-corrected chi connectivity index (χ1v) is 7.31. The van der Waals surface area contributed by atoms with Gasteiger partial charge in [-0.15, -0.1) is 0 Å². The van der Waals surface area contributed by atoms with Gasteiger partial charge in [0.2, 0.25) is 5.91 Å². The summed E-state index contributed by atoms with van der Waals surface area (Å²) in [7, 11) is 0. The molecule has 112 valence electrons. The molecule has 0 aliphatic carbocycles. The number of carbonyl (C=O) groups is 1. The molecule has 0 saturated carbocycles. The molecule has 0 heterocycles. The molecule has 0 atom stereocenters. The van der Waals surface area contributed by atoms with E-state index in [1.807, 2.05) is 46.8 Å². The van der Waals surface area contributed by atoms with Crippen molar-refractivity contribution >= 4 is 11.6 Å². The maximum Gasteiger partial charge on any atom is 0.229 e. The van der Waals surface area contributed by atoms with E-state index in [1.54, 1.807) is 0 Å². The Morgan fingerprint density at radius 3 is 2.20 bits per heavy atom. The summed E-state index contributed by atoms with van der Waals surface area (Å²) in [4.78, 5) is 12.0. The number of hydrogen-bond acceptors (Lipinski definition) is 2. The number of nitrogens with one attached hydrogen (secondary N) is 1. The lowest BCUT2D eigenvalue weighted by Gasteiger charge is -2.19. The highest BCUT2D eigenvalue weighted by Gasteiger charge is 2.21. The molecule has 0 aliphatic rings. The Morgan fingerprint density at radius 2 is 1.75 bits per heavy atom. The van der Waals surface area contributed by atoms with Gasteiger partial charge in [0.25, 0.3) is 0 Å². The third-order valence-corrected chi connectivity index (χ3v) is 3.14. The van der Waals surface area contributed by atoms with Crippen LogP contribution in [0.15, 0.2) is 12.1 Å². The van der Waals surface area contributed by atoms with Crippen LogP contribution in [0.25, 0.3) is 0 Å². The first-order valence-electron chi connectivity index (χ1n) is 7.31. The zero-order chi connectivity index (χ0) is 15.3. The second-order valence-corrected chi connectivity index (χ2v) is 6.35. The van der Waals surface area contributed by atoms with Gasteiger partial charge in [-0.25, -0.2) is 0 Å². The smallest absolute Gasteiger partial charge is 0.229 e. The molecule has 0 aromatic heterocycles. The highest BCUT2D eigenvalue weighted by atomic mass is 16.5. The van der Waals surface area contributed by atoms with E-state index in [1.165, 1.54) is 0 Å². The van der Waals surface area contributed by atoms with E-state index in [-0.39, 0.29) is 5.91 Å². The van der Waals surface area contributed by atoms with Crippen molar-refractivity contribution in [2.45, 2.75) is 54.4 Å². The van der Waals surface area contributed by atoms with Crippen molar-refractivity contribution in [2.75, 3.05) is 11.9 Å². The summed E-state index contributed by atoms with van der Waals surface area (Å²) in [5, 5.41) is 2.96. The monoisotopic (exact) mass is 277 g/mol. The molecule has 1 amide bonds. The lowest BCUT2D eigenvalue weighted by molar-refractivity contribution is -0.123. The van der Waals surface area contributed by atoms with Crippen LogP contribution in [0.3, 0.4) is 0 Å². The van der Waals surface area contributed by atoms with Crippen LogP contribution in [0.1, 0.15) is 51.7 Å². The van der Waals surface area contributed by atoms with Crippen LogP contribution in [0.5, 0.6) is 5.75 Å². The van der Waals surface area contributed by atoms with Crippen molar-refractivity contribution in [3.05, 3.63) is 23.3 Å². The van der Waals surface area contributed by atoms with Crippen molar-refractivity contribution in [3.63, 3.8) is 0 Å². The van der Waals surface area contributed by atoms with Crippen LogP contribution >= 0.6 is 0 Å². The highest BCUT2D eigenvalue weighted by molar-refractivity contribution is 5.94. The van der Waals surface area contributed by atoms with E-state index in [0.29, 0.717) is 0 Å². The van der Waals surface area contributed by atoms with Crippen LogP contribution in [-0.4, -0.2) is 12.5 Å². The lowest BCUT2D eigenvalue weighted by Crippen LogP contribution is -2.27. The Labute approximate surface area is 122 Å². The van der Waals surface area contributed by atoms with Crippen LogP contribution in [0, 0.1) is 19.3 Å². The first kappa shape index (κ1) is 16.5. The number of hydrogen-bond donors (Lipinski definition) is 1. The molecule has 0 bridgehead atoms. The molecular formula is C17H27NO2. The summed E-state index contributed by atoms with van der Waals surface area (Å²) in [5.41, 5.74) is 2.57. The second kappa shape index (κ2) is 6.78. The van der Waals surface area contributed by atoms with Crippen molar-refractivity contribution in [3.8, 4) is 5.75 Å². The summed E-state index contributed by atoms with van der Waals surface area (Å²) in [6, 6.07) is 3.94. The topological polar surface area (TPSA) is 38.3 Å². The van der Waals surface area contributed by atoms with Gasteiger partial charge >= 0.3 is 0 Å². The van der Waals surface area contributed by atoms with Crippen LogP contribution in [0.2, 0.25) is 0 Å². The van der Waals surface area contributed by atoms with Crippen molar-refractivity contribution in [1.29, 1.82) is 0 Å². The zero-order valence-corrected chi connectivity index (χ0v) is 13.6. The normalized spacial score (nSPS) is 11.3. The van der Waals surface area contributed by atoms with E-state index in [2.05, 4.69) is 12.2 Å². The van der Waals surface area contributed by atoms with Crippen LogP contribution < -0.4 is 10.1 Å². The molecule has 0 saturated heterocycles. The number of carbonyl (C=O) groups excluding carboxylic acids is 1. The Bertz CT molecular complexity index is 449. The van der Waals surface area contributed by atoms with Crippen LogP contribution in [-0.2, 0) is 4.79 Å². The number of benzene rings is 1. The molecule has 1 rings (SSSR count). The maximum atomic E-state index is 12.0. The molecule has 1 aromatic rings. The van der Waals surface area contributed by atoms with Crippen LogP contribution in [0.4, 0.5) is 5.69 Å². The molecule has 3 nitrogen and oxygen atoms in total. The summed E-state index contributed by atoms with van der Waals surface area (Å²) in [6.07, 6.45) is 2.18. The van der Waals surface area contributed by atoms with Gasteiger partial charge in [0, 0.05) is 11.1 Å². The van der Waals surface area contributed by atoms with Gasteiger partial charge in [-0.2, -0.15) is 0 Å². The van der Waals surface area contributed by atoms with Crippen molar-refractivity contribution in [2.24, 2.45) is 5.41 Å². The molecular weight excluding hydrogens is 250 g/mol. The predicted molar refractivity (Wildman–Crippen MR) is 84.4 cm³/mol. The molecule has 0 spiro atoms. The average molecular weight is 277 g/mol. The van der Waals surface area contributed by atoms with Gasteiger partial charge in [0.15, 0.2) is 0 Å². The van der Waals surface area contributed by atoms with Gasteiger partial charge in [-0.1, -0.05) is 34.1 Å². The summed E-state index contributed by atoms with van der Waals surface area (Å²) >= 11 is 0. The van der Waals surface area contributed by atoms with Gasteiger partial charge in [0.1, 0.15) is 5.75 Å². The number of unbranched alkanes of at least 4 members (excludes halogenated alkanes) is 1. The summed E-state index contributed by atoms with van der Waals surface area (Å²) in [5.74, 6) is 0.961. The summed E-state index contributed by atoms with van der Waals surface area (Å²) < 4.78 is 5.82. The lowest BCUT2D eigenvalue weighted by atomic mass is 9.95. The minimum absolute atomic E-state index is 0.0240. The van der Waals surface area contributed by atoms with Gasteiger partial charge in [-0.05, 0) is 43.5 Å². The number of rotatable bonds is 5. The number of anilines is 1. The predicted octanol–water partition coefficient (Wildman–Crippen LogP) is 4.47. The molecule has 0 fully saturated rings. The second-order valence-electron chi connectivity index (χ2n) is 6.35. The Kier molecular flexibility index (Phi) is 5.61. The maximum absolute atomic E-state index is 12.0. The third-order valence-electron chi connectivity index (χ3n) is 3.14. The van der Waals surface area contributed by atoms with E-state index < -0.39 is 5.41 Å².